The van der Waals surface area contributed by atoms with Crippen molar-refractivity contribution in [1.29, 1.82) is 0 Å². The standard InChI is InChI=1S/C17H30O5Si/c1-17(2,3)23(6,7)22-11-12-8-13(20-4)9-15(21-5)16(12)14(19)10-18/h8-9,14,18-19H,10-11H2,1-7H3/t14-/m0/s1. The first-order valence-corrected chi connectivity index (χ1v) is 10.7. The van der Waals surface area contributed by atoms with Crippen LogP contribution in [0, 0.1) is 0 Å². The zero-order valence-corrected chi connectivity index (χ0v) is 16.3. The largest absolute Gasteiger partial charge is 0.497 e. The van der Waals surface area contributed by atoms with Gasteiger partial charge in [-0.1, -0.05) is 20.8 Å². The van der Waals surface area contributed by atoms with Gasteiger partial charge in [0.05, 0.1) is 27.4 Å². The molecule has 0 saturated heterocycles. The summed E-state index contributed by atoms with van der Waals surface area (Å²) in [6.07, 6.45) is -1.02. The molecule has 1 aromatic rings. The van der Waals surface area contributed by atoms with Gasteiger partial charge in [-0.05, 0) is 29.8 Å². The molecule has 0 aromatic heterocycles. The lowest BCUT2D eigenvalue weighted by molar-refractivity contribution is 0.0913. The monoisotopic (exact) mass is 342 g/mol. The van der Waals surface area contributed by atoms with Crippen LogP contribution >= 0.6 is 0 Å². The van der Waals surface area contributed by atoms with Gasteiger partial charge >= 0.3 is 0 Å². The molecule has 0 spiro atoms. The molecule has 0 aliphatic rings. The SMILES string of the molecule is COc1cc(CO[Si](C)(C)C(C)(C)C)c([C@@H](O)CO)c(OC)c1. The number of hydrogen-bond acceptors (Lipinski definition) is 5. The van der Waals surface area contributed by atoms with Crippen LogP contribution < -0.4 is 9.47 Å². The van der Waals surface area contributed by atoms with Crippen molar-refractivity contribution >= 4 is 8.32 Å². The summed E-state index contributed by atoms with van der Waals surface area (Å²) in [7, 11) is 1.17. The molecule has 0 unspecified atom stereocenters. The van der Waals surface area contributed by atoms with E-state index in [4.69, 9.17) is 13.9 Å². The summed E-state index contributed by atoms with van der Waals surface area (Å²) in [4.78, 5) is 0. The second-order valence-electron chi connectivity index (χ2n) is 7.15. The van der Waals surface area contributed by atoms with Crippen LogP contribution in [0.25, 0.3) is 0 Å². The van der Waals surface area contributed by atoms with Crippen molar-refractivity contribution in [3.05, 3.63) is 23.3 Å². The van der Waals surface area contributed by atoms with Crippen LogP contribution in [-0.2, 0) is 11.0 Å². The number of aliphatic hydroxyl groups excluding tert-OH is 2. The molecule has 0 fully saturated rings. The Morgan fingerprint density at radius 3 is 2.17 bits per heavy atom. The van der Waals surface area contributed by atoms with Gasteiger partial charge in [-0.15, -0.1) is 0 Å². The normalized spacial score (nSPS) is 13.8. The van der Waals surface area contributed by atoms with Crippen LogP contribution in [0.15, 0.2) is 12.1 Å². The van der Waals surface area contributed by atoms with Gasteiger partial charge in [0.1, 0.15) is 17.6 Å². The lowest BCUT2D eigenvalue weighted by atomic mass is 10.0. The van der Waals surface area contributed by atoms with E-state index in [0.717, 1.165) is 5.56 Å². The van der Waals surface area contributed by atoms with E-state index < -0.39 is 14.4 Å². The van der Waals surface area contributed by atoms with Gasteiger partial charge in [0.2, 0.25) is 0 Å². The fourth-order valence-electron chi connectivity index (χ4n) is 2.01. The highest BCUT2D eigenvalue weighted by atomic mass is 28.4. The highest BCUT2D eigenvalue weighted by molar-refractivity contribution is 6.74. The Morgan fingerprint density at radius 2 is 1.74 bits per heavy atom. The highest BCUT2D eigenvalue weighted by Crippen LogP contribution is 2.39. The molecular formula is C17H30O5Si. The number of hydrogen-bond donors (Lipinski definition) is 2. The molecule has 1 aromatic carbocycles. The quantitative estimate of drug-likeness (QED) is 0.745. The zero-order chi connectivity index (χ0) is 17.8. The van der Waals surface area contributed by atoms with Gasteiger partial charge in [-0.3, -0.25) is 0 Å². The minimum atomic E-state index is -1.94. The Kier molecular flexibility index (Phi) is 6.65. The first-order valence-electron chi connectivity index (χ1n) is 7.75. The maximum absolute atomic E-state index is 10.2. The summed E-state index contributed by atoms with van der Waals surface area (Å²) in [5, 5.41) is 19.6. The van der Waals surface area contributed by atoms with Crippen LogP contribution in [0.4, 0.5) is 0 Å². The third kappa shape index (κ3) is 4.70. The van der Waals surface area contributed by atoms with Crippen molar-refractivity contribution in [3.63, 3.8) is 0 Å². The maximum atomic E-state index is 10.2. The molecular weight excluding hydrogens is 312 g/mol. The summed E-state index contributed by atoms with van der Waals surface area (Å²) >= 11 is 0. The topological polar surface area (TPSA) is 68.2 Å². The fraction of sp³-hybridized carbons (Fsp3) is 0.647. The molecule has 23 heavy (non-hydrogen) atoms. The number of rotatable bonds is 7. The molecule has 2 N–H and O–H groups in total. The van der Waals surface area contributed by atoms with E-state index in [1.807, 2.05) is 6.07 Å². The molecule has 0 radical (unpaired) electrons. The Morgan fingerprint density at radius 1 is 1.13 bits per heavy atom. The zero-order valence-electron chi connectivity index (χ0n) is 15.3. The Bertz CT molecular complexity index is 522. The fourth-order valence-corrected chi connectivity index (χ4v) is 2.96. The highest BCUT2D eigenvalue weighted by Gasteiger charge is 2.37. The van der Waals surface area contributed by atoms with E-state index in [0.29, 0.717) is 23.7 Å². The second kappa shape index (κ2) is 7.66. The molecule has 0 heterocycles. The van der Waals surface area contributed by atoms with Crippen LogP contribution in [0.1, 0.15) is 38.0 Å². The molecule has 0 saturated carbocycles. The predicted octanol–water partition coefficient (Wildman–Crippen LogP) is 3.25. The van der Waals surface area contributed by atoms with Gasteiger partial charge in [0.15, 0.2) is 8.32 Å². The molecule has 0 aliphatic carbocycles. The molecule has 5 nitrogen and oxygen atoms in total. The van der Waals surface area contributed by atoms with Crippen molar-refractivity contribution in [2.75, 3.05) is 20.8 Å². The minimum Gasteiger partial charge on any atom is -0.497 e. The average Bonchev–Trinajstić information content (AvgIpc) is 2.49. The second-order valence-corrected chi connectivity index (χ2v) is 12.0. The van der Waals surface area contributed by atoms with E-state index >= 15 is 0 Å². The van der Waals surface area contributed by atoms with Gasteiger partial charge in [-0.2, -0.15) is 0 Å². The van der Waals surface area contributed by atoms with Crippen LogP contribution in [0.3, 0.4) is 0 Å². The van der Waals surface area contributed by atoms with Gasteiger partial charge in [0.25, 0.3) is 0 Å². The summed E-state index contributed by atoms with van der Waals surface area (Å²) in [6.45, 7) is 10.8. The Hall–Kier alpha value is -1.08. The number of ether oxygens (including phenoxy) is 2. The Labute approximate surface area is 140 Å². The van der Waals surface area contributed by atoms with Crippen LogP contribution in [0.5, 0.6) is 11.5 Å². The molecule has 6 heteroatoms. The molecule has 1 rings (SSSR count). The summed E-state index contributed by atoms with van der Waals surface area (Å²) in [5.74, 6) is 1.12. The average molecular weight is 343 g/mol. The Balaban J connectivity index is 3.22. The van der Waals surface area contributed by atoms with Gasteiger partial charge in [-0.25, -0.2) is 0 Å². The molecule has 132 valence electrons. The molecule has 0 aliphatic heterocycles. The molecule has 0 amide bonds. The predicted molar refractivity (Wildman–Crippen MR) is 93.6 cm³/mol. The number of benzene rings is 1. The first kappa shape index (κ1) is 20.0. The summed E-state index contributed by atoms with van der Waals surface area (Å²) < 4.78 is 16.9. The third-order valence-electron chi connectivity index (χ3n) is 4.56. The van der Waals surface area contributed by atoms with Crippen molar-refractivity contribution in [2.45, 2.75) is 51.6 Å². The smallest absolute Gasteiger partial charge is 0.192 e. The van der Waals surface area contributed by atoms with Crippen molar-refractivity contribution < 1.29 is 24.1 Å². The van der Waals surface area contributed by atoms with Crippen LogP contribution in [-0.4, -0.2) is 39.4 Å². The van der Waals surface area contributed by atoms with Crippen molar-refractivity contribution in [3.8, 4) is 11.5 Å². The van der Waals surface area contributed by atoms with E-state index in [-0.39, 0.29) is 11.6 Å². The lowest BCUT2D eigenvalue weighted by Crippen LogP contribution is -2.40. The molecule has 1 atom stereocenters. The number of aliphatic hydroxyl groups is 2. The minimum absolute atomic E-state index is 0.0890. The van der Waals surface area contributed by atoms with Crippen molar-refractivity contribution in [2.24, 2.45) is 0 Å². The van der Waals surface area contributed by atoms with Gasteiger partial charge in [0, 0.05) is 11.6 Å². The van der Waals surface area contributed by atoms with E-state index in [1.54, 1.807) is 13.2 Å². The summed E-state index contributed by atoms with van der Waals surface area (Å²) in [5.41, 5.74) is 1.32. The van der Waals surface area contributed by atoms with E-state index in [1.165, 1.54) is 7.11 Å². The summed E-state index contributed by atoms with van der Waals surface area (Å²) in [6, 6.07) is 3.52. The van der Waals surface area contributed by atoms with E-state index in [9.17, 15) is 10.2 Å². The molecule has 0 bridgehead atoms. The maximum Gasteiger partial charge on any atom is 0.192 e. The van der Waals surface area contributed by atoms with E-state index in [2.05, 4.69) is 33.9 Å². The van der Waals surface area contributed by atoms with Gasteiger partial charge < -0.3 is 24.1 Å². The van der Waals surface area contributed by atoms with Crippen LogP contribution in [0.2, 0.25) is 18.1 Å². The first-order chi connectivity index (χ1) is 10.6. The third-order valence-corrected chi connectivity index (χ3v) is 9.04. The lowest BCUT2D eigenvalue weighted by Gasteiger charge is -2.36. The van der Waals surface area contributed by atoms with Crippen molar-refractivity contribution in [1.82, 2.24) is 0 Å². The number of methoxy groups -OCH3 is 2.